The first-order chi connectivity index (χ1) is 6.75. The third kappa shape index (κ3) is 1.07. The van der Waals surface area contributed by atoms with Crippen molar-refractivity contribution in [2.24, 2.45) is 29.4 Å². The SMILES string of the molecule is NC(=O)N[C@@H]1C[C@H]2C[C@@H]1C1CCCC12. The molecule has 2 bridgehead atoms. The molecule has 14 heavy (non-hydrogen) atoms. The number of amides is 2. The predicted molar refractivity (Wildman–Crippen MR) is 53.6 cm³/mol. The predicted octanol–water partition coefficient (Wildman–Crippen LogP) is 1.48. The summed E-state index contributed by atoms with van der Waals surface area (Å²) in [5, 5.41) is 2.92. The number of nitrogens with two attached hydrogens (primary N) is 1. The van der Waals surface area contributed by atoms with Crippen molar-refractivity contribution < 1.29 is 4.79 Å². The van der Waals surface area contributed by atoms with E-state index in [0.29, 0.717) is 6.04 Å². The van der Waals surface area contributed by atoms with Crippen molar-refractivity contribution in [1.29, 1.82) is 0 Å². The van der Waals surface area contributed by atoms with Gasteiger partial charge in [0.2, 0.25) is 0 Å². The number of rotatable bonds is 1. The van der Waals surface area contributed by atoms with Gasteiger partial charge in [-0.25, -0.2) is 4.79 Å². The summed E-state index contributed by atoms with van der Waals surface area (Å²) in [7, 11) is 0. The van der Waals surface area contributed by atoms with E-state index in [2.05, 4.69) is 5.32 Å². The molecule has 3 heteroatoms. The molecule has 0 aliphatic heterocycles. The first-order valence-electron chi connectivity index (χ1n) is 5.81. The van der Waals surface area contributed by atoms with E-state index >= 15 is 0 Å². The van der Waals surface area contributed by atoms with Crippen LogP contribution in [-0.2, 0) is 0 Å². The first kappa shape index (κ1) is 8.57. The van der Waals surface area contributed by atoms with Crippen molar-refractivity contribution in [2.75, 3.05) is 0 Å². The van der Waals surface area contributed by atoms with Gasteiger partial charge in [-0.1, -0.05) is 6.42 Å². The van der Waals surface area contributed by atoms with Gasteiger partial charge in [0, 0.05) is 6.04 Å². The Balaban J connectivity index is 1.73. The largest absolute Gasteiger partial charge is 0.352 e. The molecule has 3 nitrogen and oxygen atoms in total. The number of carbonyl (C=O) groups is 1. The van der Waals surface area contributed by atoms with E-state index in [0.717, 1.165) is 23.7 Å². The lowest BCUT2D eigenvalue weighted by molar-refractivity contribution is 0.202. The lowest BCUT2D eigenvalue weighted by Crippen LogP contribution is -2.44. The molecule has 0 spiro atoms. The van der Waals surface area contributed by atoms with Crippen LogP contribution in [-0.4, -0.2) is 12.1 Å². The molecule has 0 saturated heterocycles. The minimum Gasteiger partial charge on any atom is -0.352 e. The summed E-state index contributed by atoms with van der Waals surface area (Å²) < 4.78 is 0. The van der Waals surface area contributed by atoms with E-state index < -0.39 is 0 Å². The average Bonchev–Trinajstić information content (AvgIpc) is 2.68. The summed E-state index contributed by atoms with van der Waals surface area (Å²) in [6.45, 7) is 0. The van der Waals surface area contributed by atoms with E-state index in [1.54, 1.807) is 0 Å². The van der Waals surface area contributed by atoms with Crippen LogP contribution >= 0.6 is 0 Å². The van der Waals surface area contributed by atoms with Crippen LogP contribution in [0.4, 0.5) is 4.79 Å². The van der Waals surface area contributed by atoms with Crippen molar-refractivity contribution in [3.05, 3.63) is 0 Å². The Labute approximate surface area is 84.4 Å². The molecule has 3 saturated carbocycles. The molecule has 0 radical (unpaired) electrons. The van der Waals surface area contributed by atoms with Gasteiger partial charge in [-0.3, -0.25) is 0 Å². The highest BCUT2D eigenvalue weighted by Gasteiger charge is 2.53. The maximum Gasteiger partial charge on any atom is 0.312 e. The van der Waals surface area contributed by atoms with Crippen LogP contribution < -0.4 is 11.1 Å². The minimum absolute atomic E-state index is 0.336. The Morgan fingerprint density at radius 1 is 1.14 bits per heavy atom. The van der Waals surface area contributed by atoms with Crippen LogP contribution in [0.15, 0.2) is 0 Å². The van der Waals surface area contributed by atoms with Crippen LogP contribution in [0.3, 0.4) is 0 Å². The molecular weight excluding hydrogens is 176 g/mol. The summed E-state index contributed by atoms with van der Waals surface area (Å²) in [5.41, 5.74) is 5.19. The van der Waals surface area contributed by atoms with Gasteiger partial charge in [0.15, 0.2) is 0 Å². The summed E-state index contributed by atoms with van der Waals surface area (Å²) in [5.74, 6) is 3.54. The summed E-state index contributed by atoms with van der Waals surface area (Å²) in [6, 6.07) is 0.0638. The fourth-order valence-electron chi connectivity index (χ4n) is 4.42. The molecule has 78 valence electrons. The van der Waals surface area contributed by atoms with Gasteiger partial charge in [-0.2, -0.15) is 0 Å². The molecule has 2 amide bonds. The van der Waals surface area contributed by atoms with Gasteiger partial charge in [-0.15, -0.1) is 0 Å². The second kappa shape index (κ2) is 2.88. The standard InChI is InChI=1S/C11H18N2O/c12-11(14)13-10-5-6-4-9(10)8-3-1-2-7(6)8/h6-10H,1-5H2,(H3,12,13,14)/t6-,7?,8?,9-,10-/m1/s1. The van der Waals surface area contributed by atoms with Crippen LogP contribution in [0.5, 0.6) is 0 Å². The van der Waals surface area contributed by atoms with Crippen LogP contribution in [0.25, 0.3) is 0 Å². The maximum absolute atomic E-state index is 10.8. The smallest absolute Gasteiger partial charge is 0.312 e. The Hall–Kier alpha value is -0.730. The van der Waals surface area contributed by atoms with E-state index in [9.17, 15) is 4.79 Å². The van der Waals surface area contributed by atoms with Crippen molar-refractivity contribution in [3.63, 3.8) is 0 Å². The van der Waals surface area contributed by atoms with Crippen LogP contribution in [0.2, 0.25) is 0 Å². The van der Waals surface area contributed by atoms with Crippen LogP contribution in [0, 0.1) is 23.7 Å². The molecule has 0 aromatic rings. The zero-order valence-corrected chi connectivity index (χ0v) is 8.41. The van der Waals surface area contributed by atoms with Crippen LogP contribution in [0.1, 0.15) is 32.1 Å². The normalized spacial score (nSPS) is 49.3. The molecule has 0 heterocycles. The van der Waals surface area contributed by atoms with Gasteiger partial charge in [0.1, 0.15) is 0 Å². The molecular formula is C11H18N2O. The summed E-state index contributed by atoms with van der Waals surface area (Å²) in [4.78, 5) is 10.8. The topological polar surface area (TPSA) is 55.1 Å². The number of carbonyl (C=O) groups excluding carboxylic acids is 1. The zero-order chi connectivity index (χ0) is 9.71. The molecule has 3 aliphatic carbocycles. The van der Waals surface area contributed by atoms with Gasteiger partial charge in [0.05, 0.1) is 0 Å². The molecule has 3 rings (SSSR count). The monoisotopic (exact) mass is 194 g/mol. The molecule has 2 unspecified atom stereocenters. The quantitative estimate of drug-likeness (QED) is 0.652. The lowest BCUT2D eigenvalue weighted by atomic mass is 9.79. The zero-order valence-electron chi connectivity index (χ0n) is 8.41. The Kier molecular flexibility index (Phi) is 1.76. The molecule has 3 N–H and O–H groups in total. The van der Waals surface area contributed by atoms with E-state index in [-0.39, 0.29) is 6.03 Å². The van der Waals surface area contributed by atoms with Gasteiger partial charge < -0.3 is 11.1 Å². The molecule has 0 aromatic heterocycles. The number of urea groups is 1. The number of hydrogen-bond acceptors (Lipinski definition) is 1. The van der Waals surface area contributed by atoms with Gasteiger partial charge in [0.25, 0.3) is 0 Å². The first-order valence-corrected chi connectivity index (χ1v) is 5.81. The molecule has 5 atom stereocenters. The second-order valence-corrected chi connectivity index (χ2v) is 5.27. The Morgan fingerprint density at radius 2 is 1.93 bits per heavy atom. The Bertz CT molecular complexity index is 266. The van der Waals surface area contributed by atoms with E-state index in [4.69, 9.17) is 5.73 Å². The third-order valence-electron chi connectivity index (χ3n) is 4.76. The van der Waals surface area contributed by atoms with Crippen molar-refractivity contribution in [3.8, 4) is 0 Å². The maximum atomic E-state index is 10.8. The Morgan fingerprint density at radius 3 is 2.71 bits per heavy atom. The van der Waals surface area contributed by atoms with E-state index in [1.807, 2.05) is 0 Å². The van der Waals surface area contributed by atoms with Crippen molar-refractivity contribution in [2.45, 2.75) is 38.1 Å². The third-order valence-corrected chi connectivity index (χ3v) is 4.76. The molecule has 0 aromatic carbocycles. The highest BCUT2D eigenvalue weighted by Crippen LogP contribution is 2.58. The van der Waals surface area contributed by atoms with Crippen molar-refractivity contribution >= 4 is 6.03 Å². The second-order valence-electron chi connectivity index (χ2n) is 5.27. The molecule has 3 aliphatic rings. The number of hydrogen-bond donors (Lipinski definition) is 2. The minimum atomic E-state index is -0.336. The average molecular weight is 194 g/mol. The highest BCUT2D eigenvalue weighted by atomic mass is 16.2. The fraction of sp³-hybridized carbons (Fsp3) is 0.909. The number of fused-ring (bicyclic) bond motifs is 5. The van der Waals surface area contributed by atoms with Crippen molar-refractivity contribution in [1.82, 2.24) is 5.32 Å². The summed E-state index contributed by atoms with van der Waals surface area (Å²) >= 11 is 0. The van der Waals surface area contributed by atoms with Gasteiger partial charge >= 0.3 is 6.03 Å². The number of primary amides is 1. The fourth-order valence-corrected chi connectivity index (χ4v) is 4.42. The highest BCUT2D eigenvalue weighted by molar-refractivity contribution is 5.72. The van der Waals surface area contributed by atoms with Gasteiger partial charge in [-0.05, 0) is 49.4 Å². The molecule has 3 fully saturated rings. The summed E-state index contributed by atoms with van der Waals surface area (Å²) in [6.07, 6.45) is 6.78. The number of nitrogens with one attached hydrogen (secondary N) is 1. The van der Waals surface area contributed by atoms with E-state index in [1.165, 1.54) is 32.1 Å². The lowest BCUT2D eigenvalue weighted by Gasteiger charge is -2.31.